The molecule has 1 atom stereocenters. The average Bonchev–Trinajstić information content (AvgIpc) is 2.92. The smallest absolute Gasteiger partial charge is 0.318 e. The lowest BCUT2D eigenvalue weighted by molar-refractivity contribution is 0.202. The van der Waals surface area contributed by atoms with Crippen molar-refractivity contribution in [3.63, 3.8) is 0 Å². The number of nitrogens with zero attached hydrogens (tertiary/aromatic N) is 2. The molecule has 1 aromatic carbocycles. The predicted octanol–water partition coefficient (Wildman–Crippen LogP) is 3.83. The third-order valence-electron chi connectivity index (χ3n) is 3.64. The SMILES string of the molecule is Cc1csc(CN(C)C(=O)NC2CCSc3ccccc32)n1. The van der Waals surface area contributed by atoms with Crippen molar-refractivity contribution in [2.45, 2.75) is 30.8 Å². The van der Waals surface area contributed by atoms with Crippen molar-refractivity contribution in [3.05, 3.63) is 45.9 Å². The summed E-state index contributed by atoms with van der Waals surface area (Å²) in [6.07, 6.45) is 0.970. The Hall–Kier alpha value is -1.53. The van der Waals surface area contributed by atoms with Crippen molar-refractivity contribution in [3.8, 4) is 0 Å². The van der Waals surface area contributed by atoms with Crippen LogP contribution in [0.2, 0.25) is 0 Å². The Bertz CT molecular complexity index is 671. The number of nitrogens with one attached hydrogen (secondary N) is 1. The molecule has 1 aromatic heterocycles. The molecular weight excluding hydrogens is 314 g/mol. The maximum Gasteiger partial charge on any atom is 0.318 e. The third kappa shape index (κ3) is 3.44. The molecule has 1 aliphatic rings. The third-order valence-corrected chi connectivity index (χ3v) is 5.72. The van der Waals surface area contributed by atoms with E-state index in [-0.39, 0.29) is 12.1 Å². The number of carbonyl (C=O) groups is 1. The van der Waals surface area contributed by atoms with Gasteiger partial charge in [0.05, 0.1) is 12.6 Å². The largest absolute Gasteiger partial charge is 0.331 e. The number of thioether (sulfide) groups is 1. The van der Waals surface area contributed by atoms with Gasteiger partial charge in [0, 0.05) is 28.8 Å². The topological polar surface area (TPSA) is 45.2 Å². The van der Waals surface area contributed by atoms with E-state index in [2.05, 4.69) is 22.4 Å². The van der Waals surface area contributed by atoms with E-state index in [1.54, 1.807) is 16.2 Å². The summed E-state index contributed by atoms with van der Waals surface area (Å²) in [7, 11) is 1.82. The number of hydrogen-bond donors (Lipinski definition) is 1. The van der Waals surface area contributed by atoms with E-state index in [4.69, 9.17) is 0 Å². The van der Waals surface area contributed by atoms with Crippen molar-refractivity contribution < 1.29 is 4.79 Å². The lowest BCUT2D eigenvalue weighted by Gasteiger charge is -2.28. The molecule has 1 N–H and O–H groups in total. The summed E-state index contributed by atoms with van der Waals surface area (Å²) in [4.78, 5) is 19.8. The van der Waals surface area contributed by atoms with Crippen LogP contribution in [0.15, 0.2) is 34.5 Å². The van der Waals surface area contributed by atoms with E-state index in [0.29, 0.717) is 6.54 Å². The molecule has 1 unspecified atom stereocenters. The van der Waals surface area contributed by atoms with Gasteiger partial charge in [-0.2, -0.15) is 0 Å². The second kappa shape index (κ2) is 6.71. The van der Waals surface area contributed by atoms with Gasteiger partial charge in [-0.3, -0.25) is 0 Å². The highest BCUT2D eigenvalue weighted by Crippen LogP contribution is 2.35. The number of amides is 2. The van der Waals surface area contributed by atoms with Crippen LogP contribution in [-0.4, -0.2) is 28.7 Å². The van der Waals surface area contributed by atoms with Gasteiger partial charge in [0.1, 0.15) is 5.01 Å². The first kappa shape index (κ1) is 15.4. The summed E-state index contributed by atoms with van der Waals surface area (Å²) in [6.45, 7) is 2.52. The molecule has 0 spiro atoms. The molecule has 0 fully saturated rings. The van der Waals surface area contributed by atoms with E-state index >= 15 is 0 Å². The van der Waals surface area contributed by atoms with Crippen molar-refractivity contribution >= 4 is 29.1 Å². The van der Waals surface area contributed by atoms with Gasteiger partial charge in [0.15, 0.2) is 0 Å². The predicted molar refractivity (Wildman–Crippen MR) is 91.4 cm³/mol. The Balaban J connectivity index is 1.64. The van der Waals surface area contributed by atoms with Gasteiger partial charge in [0.25, 0.3) is 0 Å². The molecule has 3 rings (SSSR count). The monoisotopic (exact) mass is 333 g/mol. The van der Waals surface area contributed by atoms with Crippen LogP contribution in [0.3, 0.4) is 0 Å². The van der Waals surface area contributed by atoms with Crippen LogP contribution in [0.25, 0.3) is 0 Å². The Morgan fingerprint density at radius 2 is 2.27 bits per heavy atom. The molecule has 0 radical (unpaired) electrons. The number of rotatable bonds is 3. The Morgan fingerprint density at radius 3 is 3.05 bits per heavy atom. The van der Waals surface area contributed by atoms with E-state index < -0.39 is 0 Å². The van der Waals surface area contributed by atoms with Crippen LogP contribution < -0.4 is 5.32 Å². The zero-order valence-corrected chi connectivity index (χ0v) is 14.3. The minimum Gasteiger partial charge on any atom is -0.331 e. The maximum absolute atomic E-state index is 12.4. The summed E-state index contributed by atoms with van der Waals surface area (Å²) in [6, 6.07) is 8.38. The van der Waals surface area contributed by atoms with Crippen LogP contribution in [0, 0.1) is 6.92 Å². The van der Waals surface area contributed by atoms with Gasteiger partial charge in [0.2, 0.25) is 0 Å². The Kier molecular flexibility index (Phi) is 4.69. The second-order valence-electron chi connectivity index (χ2n) is 5.42. The fourth-order valence-corrected chi connectivity index (χ4v) is 4.45. The molecule has 4 nitrogen and oxygen atoms in total. The molecule has 0 saturated heterocycles. The lowest BCUT2D eigenvalue weighted by atomic mass is 10.0. The van der Waals surface area contributed by atoms with Crippen molar-refractivity contribution in [1.29, 1.82) is 0 Å². The first-order valence-corrected chi connectivity index (χ1v) is 9.14. The molecule has 6 heteroatoms. The van der Waals surface area contributed by atoms with Crippen LogP contribution in [0.4, 0.5) is 4.79 Å². The summed E-state index contributed by atoms with van der Waals surface area (Å²) < 4.78 is 0. The van der Waals surface area contributed by atoms with E-state index in [0.717, 1.165) is 22.9 Å². The number of urea groups is 1. The van der Waals surface area contributed by atoms with Crippen molar-refractivity contribution in [2.24, 2.45) is 0 Å². The lowest BCUT2D eigenvalue weighted by Crippen LogP contribution is -2.39. The van der Waals surface area contributed by atoms with Gasteiger partial charge in [-0.1, -0.05) is 18.2 Å². The van der Waals surface area contributed by atoms with Crippen LogP contribution in [-0.2, 0) is 6.54 Å². The summed E-state index contributed by atoms with van der Waals surface area (Å²) in [5, 5.41) is 6.13. The molecule has 116 valence electrons. The fourth-order valence-electron chi connectivity index (χ4n) is 2.50. The van der Waals surface area contributed by atoms with Gasteiger partial charge < -0.3 is 10.2 Å². The number of aryl methyl sites for hydroxylation is 1. The fraction of sp³-hybridized carbons (Fsp3) is 0.375. The normalized spacial score (nSPS) is 16.9. The minimum absolute atomic E-state index is 0.0421. The van der Waals surface area contributed by atoms with Gasteiger partial charge in [-0.25, -0.2) is 9.78 Å². The number of benzene rings is 1. The van der Waals surface area contributed by atoms with Gasteiger partial charge in [-0.05, 0) is 25.0 Å². The molecule has 1 aliphatic heterocycles. The van der Waals surface area contributed by atoms with Crippen molar-refractivity contribution in [1.82, 2.24) is 15.2 Å². The molecule has 0 bridgehead atoms. The summed E-state index contributed by atoms with van der Waals surface area (Å²) in [5.41, 5.74) is 2.23. The van der Waals surface area contributed by atoms with E-state index in [9.17, 15) is 4.79 Å². The molecule has 2 heterocycles. The average molecular weight is 333 g/mol. The number of thiazole rings is 1. The number of fused-ring (bicyclic) bond motifs is 1. The zero-order valence-electron chi connectivity index (χ0n) is 12.7. The standard InChI is InChI=1S/C16H19N3OS2/c1-11-10-22-15(17-11)9-19(2)16(20)18-13-7-8-21-14-6-4-3-5-12(13)14/h3-6,10,13H,7-9H2,1-2H3,(H,18,20). The first-order chi connectivity index (χ1) is 10.6. The molecule has 2 amide bonds. The molecule has 0 aliphatic carbocycles. The highest BCUT2D eigenvalue weighted by Gasteiger charge is 2.23. The first-order valence-electron chi connectivity index (χ1n) is 7.28. The van der Waals surface area contributed by atoms with E-state index in [1.165, 1.54) is 10.5 Å². The Labute approximate surface area is 138 Å². The second-order valence-corrected chi connectivity index (χ2v) is 7.50. The molecule has 22 heavy (non-hydrogen) atoms. The maximum atomic E-state index is 12.4. The van der Waals surface area contributed by atoms with E-state index in [1.807, 2.05) is 43.2 Å². The quantitative estimate of drug-likeness (QED) is 0.928. The zero-order chi connectivity index (χ0) is 15.5. The van der Waals surface area contributed by atoms with Crippen LogP contribution in [0.5, 0.6) is 0 Å². The number of carbonyl (C=O) groups excluding carboxylic acids is 1. The summed E-state index contributed by atoms with van der Waals surface area (Å²) >= 11 is 3.45. The van der Waals surface area contributed by atoms with Crippen molar-refractivity contribution in [2.75, 3.05) is 12.8 Å². The molecule has 2 aromatic rings. The minimum atomic E-state index is -0.0421. The summed E-state index contributed by atoms with van der Waals surface area (Å²) in [5.74, 6) is 1.04. The van der Waals surface area contributed by atoms with Gasteiger partial charge in [-0.15, -0.1) is 23.1 Å². The Morgan fingerprint density at radius 1 is 1.45 bits per heavy atom. The highest BCUT2D eigenvalue weighted by molar-refractivity contribution is 7.99. The highest BCUT2D eigenvalue weighted by atomic mass is 32.2. The van der Waals surface area contributed by atoms with Gasteiger partial charge >= 0.3 is 6.03 Å². The molecular formula is C16H19N3OS2. The number of aromatic nitrogens is 1. The van der Waals surface area contributed by atoms with Crippen LogP contribution >= 0.6 is 23.1 Å². The van der Waals surface area contributed by atoms with Crippen LogP contribution in [0.1, 0.15) is 28.7 Å². The molecule has 0 saturated carbocycles. The number of hydrogen-bond acceptors (Lipinski definition) is 4.